The van der Waals surface area contributed by atoms with Gasteiger partial charge in [0.15, 0.2) is 5.16 Å². The Balaban J connectivity index is 1.75. The number of hydrogen-bond acceptors (Lipinski definition) is 4. The molecule has 1 saturated heterocycles. The standard InChI is InChI=1S/C19H26N4OS/c1-13-7-5-10-17(11-13)23-16(4)20-21-19(23)25-12-18(24)22-14(2)8-6-9-15(22)3/h5,7,10-11,14-15H,6,8-9,12H2,1-4H3/t14-,15+. The molecule has 25 heavy (non-hydrogen) atoms. The molecule has 2 atom stereocenters. The first-order chi connectivity index (χ1) is 12.0. The van der Waals surface area contributed by atoms with E-state index in [2.05, 4.69) is 48.0 Å². The second kappa shape index (κ2) is 7.60. The minimum atomic E-state index is 0.196. The number of amides is 1. The van der Waals surface area contributed by atoms with Crippen molar-refractivity contribution in [2.24, 2.45) is 0 Å². The summed E-state index contributed by atoms with van der Waals surface area (Å²) in [6.07, 6.45) is 3.40. The Morgan fingerprint density at radius 3 is 2.60 bits per heavy atom. The van der Waals surface area contributed by atoms with Crippen LogP contribution in [-0.2, 0) is 4.79 Å². The zero-order valence-electron chi connectivity index (χ0n) is 15.4. The van der Waals surface area contributed by atoms with E-state index in [1.807, 2.05) is 23.6 Å². The molecule has 2 aromatic rings. The predicted octanol–water partition coefficient (Wildman–Crippen LogP) is 3.77. The van der Waals surface area contributed by atoms with E-state index < -0.39 is 0 Å². The Kier molecular flexibility index (Phi) is 5.47. The fraction of sp³-hybridized carbons (Fsp3) is 0.526. The number of aryl methyl sites for hydroxylation is 2. The van der Waals surface area contributed by atoms with Gasteiger partial charge in [0.25, 0.3) is 0 Å². The molecule has 1 fully saturated rings. The number of carbonyl (C=O) groups is 1. The molecule has 1 aromatic heterocycles. The average Bonchev–Trinajstić information content (AvgIpc) is 2.93. The lowest BCUT2D eigenvalue weighted by atomic mass is 9.98. The molecule has 1 amide bonds. The fourth-order valence-corrected chi connectivity index (χ4v) is 4.48. The summed E-state index contributed by atoms with van der Waals surface area (Å²) in [5.41, 5.74) is 2.23. The van der Waals surface area contributed by atoms with Crippen molar-refractivity contribution in [1.29, 1.82) is 0 Å². The van der Waals surface area contributed by atoms with E-state index in [0.717, 1.165) is 29.5 Å². The number of hydrogen-bond donors (Lipinski definition) is 0. The number of carbonyl (C=O) groups excluding carboxylic acids is 1. The summed E-state index contributed by atoms with van der Waals surface area (Å²) in [6.45, 7) is 8.31. The van der Waals surface area contributed by atoms with Gasteiger partial charge in [0.1, 0.15) is 5.82 Å². The van der Waals surface area contributed by atoms with Gasteiger partial charge in [-0.1, -0.05) is 23.9 Å². The number of nitrogens with zero attached hydrogens (tertiary/aromatic N) is 4. The molecule has 0 spiro atoms. The van der Waals surface area contributed by atoms with E-state index in [1.54, 1.807) is 0 Å². The van der Waals surface area contributed by atoms with Gasteiger partial charge in [0.2, 0.25) is 5.91 Å². The van der Waals surface area contributed by atoms with Crippen molar-refractivity contribution in [2.75, 3.05) is 5.75 Å². The summed E-state index contributed by atoms with van der Waals surface area (Å²) in [7, 11) is 0. The number of likely N-dealkylation sites (tertiary alicyclic amines) is 1. The first-order valence-corrected chi connectivity index (χ1v) is 9.89. The lowest BCUT2D eigenvalue weighted by molar-refractivity contribution is -0.134. The van der Waals surface area contributed by atoms with Gasteiger partial charge in [-0.25, -0.2) is 0 Å². The second-order valence-electron chi connectivity index (χ2n) is 6.92. The van der Waals surface area contributed by atoms with Crippen LogP contribution in [0.3, 0.4) is 0 Å². The Bertz CT molecular complexity index is 748. The van der Waals surface area contributed by atoms with Crippen LogP contribution >= 0.6 is 11.8 Å². The van der Waals surface area contributed by atoms with Crippen molar-refractivity contribution in [2.45, 2.75) is 64.2 Å². The lowest BCUT2D eigenvalue weighted by Crippen LogP contribution is -2.48. The van der Waals surface area contributed by atoms with Gasteiger partial charge in [-0.05, 0) is 64.7 Å². The predicted molar refractivity (Wildman–Crippen MR) is 101 cm³/mol. The molecular weight excluding hydrogens is 332 g/mol. The molecule has 0 unspecified atom stereocenters. The minimum Gasteiger partial charge on any atom is -0.337 e. The van der Waals surface area contributed by atoms with Crippen molar-refractivity contribution in [1.82, 2.24) is 19.7 Å². The van der Waals surface area contributed by atoms with E-state index in [1.165, 1.54) is 23.7 Å². The highest BCUT2D eigenvalue weighted by Crippen LogP contribution is 2.26. The molecule has 3 rings (SSSR count). The van der Waals surface area contributed by atoms with Crippen LogP contribution in [-0.4, -0.2) is 43.4 Å². The van der Waals surface area contributed by atoms with Gasteiger partial charge in [-0.3, -0.25) is 9.36 Å². The van der Waals surface area contributed by atoms with Crippen molar-refractivity contribution in [3.63, 3.8) is 0 Å². The van der Waals surface area contributed by atoms with Gasteiger partial charge in [-0.15, -0.1) is 10.2 Å². The maximum Gasteiger partial charge on any atom is 0.233 e. The van der Waals surface area contributed by atoms with Gasteiger partial charge in [-0.2, -0.15) is 0 Å². The summed E-state index contributed by atoms with van der Waals surface area (Å²) >= 11 is 1.47. The SMILES string of the molecule is Cc1cccc(-n2c(C)nnc2SCC(=O)N2[C@H](C)CCC[C@@H]2C)c1. The van der Waals surface area contributed by atoms with Gasteiger partial charge < -0.3 is 4.90 Å². The van der Waals surface area contributed by atoms with Crippen molar-refractivity contribution < 1.29 is 4.79 Å². The van der Waals surface area contributed by atoms with Crippen LogP contribution in [0.5, 0.6) is 0 Å². The summed E-state index contributed by atoms with van der Waals surface area (Å²) in [5.74, 6) is 1.43. The molecule has 1 aliphatic rings. The molecule has 1 aromatic carbocycles. The Morgan fingerprint density at radius 1 is 1.20 bits per heavy atom. The minimum absolute atomic E-state index is 0.196. The average molecular weight is 359 g/mol. The molecule has 1 aliphatic heterocycles. The highest BCUT2D eigenvalue weighted by Gasteiger charge is 2.29. The van der Waals surface area contributed by atoms with Crippen LogP contribution in [0.4, 0.5) is 0 Å². The largest absolute Gasteiger partial charge is 0.337 e. The van der Waals surface area contributed by atoms with Gasteiger partial charge >= 0.3 is 0 Å². The molecular formula is C19H26N4OS. The third-order valence-electron chi connectivity index (χ3n) is 4.86. The highest BCUT2D eigenvalue weighted by molar-refractivity contribution is 7.99. The van der Waals surface area contributed by atoms with Gasteiger partial charge in [0.05, 0.1) is 5.75 Å². The van der Waals surface area contributed by atoms with Crippen molar-refractivity contribution in [3.05, 3.63) is 35.7 Å². The number of benzene rings is 1. The molecule has 0 radical (unpaired) electrons. The smallest absolute Gasteiger partial charge is 0.233 e. The maximum absolute atomic E-state index is 12.7. The number of rotatable bonds is 4. The summed E-state index contributed by atoms with van der Waals surface area (Å²) in [4.78, 5) is 14.8. The monoisotopic (exact) mass is 358 g/mol. The molecule has 0 N–H and O–H groups in total. The maximum atomic E-state index is 12.7. The van der Waals surface area contributed by atoms with Crippen LogP contribution in [0.2, 0.25) is 0 Å². The third-order valence-corrected chi connectivity index (χ3v) is 5.77. The second-order valence-corrected chi connectivity index (χ2v) is 7.87. The quantitative estimate of drug-likeness (QED) is 0.781. The third kappa shape index (κ3) is 3.89. The molecule has 0 aliphatic carbocycles. The number of aromatic nitrogens is 3. The Morgan fingerprint density at radius 2 is 1.92 bits per heavy atom. The molecule has 0 saturated carbocycles. The first kappa shape index (κ1) is 18.0. The number of thioether (sulfide) groups is 1. The fourth-order valence-electron chi connectivity index (χ4n) is 3.61. The van der Waals surface area contributed by atoms with Crippen LogP contribution in [0, 0.1) is 13.8 Å². The first-order valence-electron chi connectivity index (χ1n) is 8.90. The zero-order valence-corrected chi connectivity index (χ0v) is 16.2. The molecule has 0 bridgehead atoms. The molecule has 134 valence electrons. The topological polar surface area (TPSA) is 51.0 Å². The van der Waals surface area contributed by atoms with E-state index in [0.29, 0.717) is 17.8 Å². The summed E-state index contributed by atoms with van der Waals surface area (Å²) in [6, 6.07) is 8.90. The Hall–Kier alpha value is -1.82. The molecule has 6 heteroatoms. The molecule has 5 nitrogen and oxygen atoms in total. The van der Waals surface area contributed by atoms with E-state index in [4.69, 9.17) is 0 Å². The van der Waals surface area contributed by atoms with Crippen LogP contribution < -0.4 is 0 Å². The Labute approximate surface area is 153 Å². The van der Waals surface area contributed by atoms with Crippen molar-refractivity contribution >= 4 is 17.7 Å². The van der Waals surface area contributed by atoms with Crippen LogP contribution in [0.1, 0.15) is 44.5 Å². The highest BCUT2D eigenvalue weighted by atomic mass is 32.2. The van der Waals surface area contributed by atoms with Crippen LogP contribution in [0.15, 0.2) is 29.4 Å². The van der Waals surface area contributed by atoms with Crippen LogP contribution in [0.25, 0.3) is 5.69 Å². The van der Waals surface area contributed by atoms with Gasteiger partial charge in [0, 0.05) is 17.8 Å². The molecule has 2 heterocycles. The number of piperidine rings is 1. The van der Waals surface area contributed by atoms with E-state index >= 15 is 0 Å². The van der Waals surface area contributed by atoms with E-state index in [9.17, 15) is 4.79 Å². The zero-order chi connectivity index (χ0) is 18.0. The summed E-state index contributed by atoms with van der Waals surface area (Å²) < 4.78 is 2.02. The van der Waals surface area contributed by atoms with E-state index in [-0.39, 0.29) is 5.91 Å². The lowest BCUT2D eigenvalue weighted by Gasteiger charge is -2.39. The summed E-state index contributed by atoms with van der Waals surface area (Å²) in [5, 5.41) is 9.26. The van der Waals surface area contributed by atoms with Crippen molar-refractivity contribution in [3.8, 4) is 5.69 Å². The normalized spacial score (nSPS) is 20.7.